The summed E-state index contributed by atoms with van der Waals surface area (Å²) in [5.41, 5.74) is 0. The van der Waals surface area contributed by atoms with Gasteiger partial charge in [0.05, 0.1) is 0 Å². The molecule has 0 spiro atoms. The van der Waals surface area contributed by atoms with Gasteiger partial charge < -0.3 is 4.74 Å². The van der Waals surface area contributed by atoms with Crippen molar-refractivity contribution in [1.29, 1.82) is 0 Å². The first-order chi connectivity index (χ1) is 6.72. The van der Waals surface area contributed by atoms with Crippen molar-refractivity contribution in [3.05, 3.63) is 24.3 Å². The van der Waals surface area contributed by atoms with E-state index in [2.05, 4.69) is 4.74 Å². The van der Waals surface area contributed by atoms with Gasteiger partial charge in [-0.1, -0.05) is 0 Å². The van der Waals surface area contributed by atoms with Crippen molar-refractivity contribution in [2.24, 2.45) is 0 Å². The Kier molecular flexibility index (Phi) is 2.74. The fourth-order valence-electron chi connectivity index (χ4n) is 0.714. The van der Waals surface area contributed by atoms with E-state index in [0.717, 1.165) is 24.3 Å². The molecule has 0 saturated heterocycles. The highest BCUT2D eigenvalue weighted by Gasteiger charge is 2.61. The highest BCUT2D eigenvalue weighted by Crippen LogP contribution is 2.37. The van der Waals surface area contributed by atoms with Crippen molar-refractivity contribution >= 4 is 0 Å². The van der Waals surface area contributed by atoms with Crippen LogP contribution in [0.4, 0.5) is 22.0 Å². The molecule has 1 aromatic rings. The predicted octanol–water partition coefficient (Wildman–Crippen LogP) is 3.36. The summed E-state index contributed by atoms with van der Waals surface area (Å²) in [6, 6.07) is 3.12. The Morgan fingerprint density at radius 1 is 0.933 bits per heavy atom. The van der Waals surface area contributed by atoms with Crippen LogP contribution in [0.25, 0.3) is 0 Å². The second-order valence-corrected chi connectivity index (χ2v) is 2.59. The molecule has 2 nitrogen and oxygen atoms in total. The predicted molar refractivity (Wildman–Crippen MR) is 38.2 cm³/mol. The zero-order valence-corrected chi connectivity index (χ0v) is 7.02. The molecule has 0 aliphatic rings. The van der Waals surface area contributed by atoms with Gasteiger partial charge in [-0.25, -0.2) is 0 Å². The molecule has 7 heteroatoms. The third-order valence-corrected chi connectivity index (χ3v) is 1.40. The standard InChI is InChI=1S/C8H4F5O2/c9-7(10,11)8(12,13)15-6-3-1-5(14)2-4-6/h1-4H. The zero-order chi connectivity index (χ0) is 11.7. The van der Waals surface area contributed by atoms with Gasteiger partial charge in [-0.2, -0.15) is 22.0 Å². The van der Waals surface area contributed by atoms with Crippen molar-refractivity contribution < 1.29 is 31.8 Å². The van der Waals surface area contributed by atoms with Crippen molar-refractivity contribution in [2.75, 3.05) is 0 Å². The molecule has 0 bridgehead atoms. The Morgan fingerprint density at radius 2 is 1.40 bits per heavy atom. The van der Waals surface area contributed by atoms with Crippen LogP contribution < -0.4 is 4.74 Å². The fourth-order valence-corrected chi connectivity index (χ4v) is 0.714. The summed E-state index contributed by atoms with van der Waals surface area (Å²) in [4.78, 5) is 0. The van der Waals surface area contributed by atoms with Crippen molar-refractivity contribution in [3.8, 4) is 11.5 Å². The second kappa shape index (κ2) is 3.56. The van der Waals surface area contributed by atoms with E-state index >= 15 is 0 Å². The first-order valence-electron chi connectivity index (χ1n) is 3.63. The fraction of sp³-hybridized carbons (Fsp3) is 0.250. The van der Waals surface area contributed by atoms with E-state index in [1.54, 1.807) is 0 Å². The van der Waals surface area contributed by atoms with Crippen LogP contribution in [0.15, 0.2) is 24.3 Å². The molecule has 0 aromatic heterocycles. The first-order valence-corrected chi connectivity index (χ1v) is 3.63. The van der Waals surface area contributed by atoms with Crippen LogP contribution in [0.5, 0.6) is 11.5 Å². The summed E-state index contributed by atoms with van der Waals surface area (Å²) < 4.78 is 63.0. The third kappa shape index (κ3) is 2.71. The summed E-state index contributed by atoms with van der Waals surface area (Å²) in [5, 5.41) is 10.5. The lowest BCUT2D eigenvalue weighted by Gasteiger charge is -2.19. The Bertz CT molecular complexity index is 330. The second-order valence-electron chi connectivity index (χ2n) is 2.59. The Balaban J connectivity index is 2.82. The van der Waals surface area contributed by atoms with E-state index in [1.807, 2.05) is 0 Å². The van der Waals surface area contributed by atoms with E-state index in [4.69, 9.17) is 0 Å². The number of benzene rings is 1. The number of alkyl halides is 5. The summed E-state index contributed by atoms with van der Waals surface area (Å²) in [7, 11) is 0. The first kappa shape index (κ1) is 11.5. The maximum absolute atomic E-state index is 12.3. The van der Waals surface area contributed by atoms with Crippen molar-refractivity contribution in [3.63, 3.8) is 0 Å². The molecule has 0 saturated carbocycles. The van der Waals surface area contributed by atoms with Gasteiger partial charge in [0.1, 0.15) is 5.75 Å². The summed E-state index contributed by atoms with van der Waals surface area (Å²) >= 11 is 0. The van der Waals surface area contributed by atoms with Crippen LogP contribution in [0.3, 0.4) is 0 Å². The molecule has 0 unspecified atom stereocenters. The van der Waals surface area contributed by atoms with E-state index < -0.39 is 23.8 Å². The van der Waals surface area contributed by atoms with Crippen LogP contribution in [-0.4, -0.2) is 12.3 Å². The van der Waals surface area contributed by atoms with Gasteiger partial charge in [-0.3, -0.25) is 5.11 Å². The minimum atomic E-state index is -5.79. The molecule has 1 rings (SSSR count). The van der Waals surface area contributed by atoms with Gasteiger partial charge in [0.15, 0.2) is 5.75 Å². The highest BCUT2D eigenvalue weighted by molar-refractivity contribution is 5.30. The minimum Gasteiger partial charge on any atom is -0.426 e. The van der Waals surface area contributed by atoms with Gasteiger partial charge in [-0.05, 0) is 24.3 Å². The largest absolute Gasteiger partial charge is 0.499 e. The zero-order valence-electron chi connectivity index (χ0n) is 7.02. The number of hydrogen-bond acceptors (Lipinski definition) is 1. The average molecular weight is 227 g/mol. The molecular formula is C8H4F5O2. The monoisotopic (exact) mass is 227 g/mol. The number of halogens is 5. The third-order valence-electron chi connectivity index (χ3n) is 1.40. The lowest BCUT2D eigenvalue weighted by atomic mass is 10.3. The molecule has 1 radical (unpaired) electrons. The van der Waals surface area contributed by atoms with Crippen LogP contribution in [0.1, 0.15) is 0 Å². The number of hydrogen-bond donors (Lipinski definition) is 0. The van der Waals surface area contributed by atoms with E-state index in [0.29, 0.717) is 0 Å². The molecule has 0 heterocycles. The molecule has 1 aromatic carbocycles. The molecule has 0 atom stereocenters. The molecular weight excluding hydrogens is 223 g/mol. The van der Waals surface area contributed by atoms with Gasteiger partial charge in [-0.15, -0.1) is 0 Å². The molecule has 15 heavy (non-hydrogen) atoms. The summed E-state index contributed by atoms with van der Waals surface area (Å²) in [5.74, 6) is -1.24. The van der Waals surface area contributed by atoms with E-state index in [-0.39, 0.29) is 0 Å². The Morgan fingerprint density at radius 3 is 1.80 bits per heavy atom. The summed E-state index contributed by atoms with van der Waals surface area (Å²) in [6.07, 6.45) is -11.1. The maximum Gasteiger partial charge on any atom is 0.499 e. The van der Waals surface area contributed by atoms with Crippen LogP contribution >= 0.6 is 0 Å². The summed E-state index contributed by atoms with van der Waals surface area (Å²) in [6.45, 7) is 0. The highest BCUT2D eigenvalue weighted by atomic mass is 19.4. The van der Waals surface area contributed by atoms with Crippen LogP contribution in [0, 0.1) is 0 Å². The normalized spacial score (nSPS) is 12.6. The Hall–Kier alpha value is -1.53. The molecule has 0 aliphatic heterocycles. The van der Waals surface area contributed by atoms with Crippen LogP contribution in [0.2, 0.25) is 0 Å². The number of ether oxygens (including phenoxy) is 1. The van der Waals surface area contributed by atoms with Crippen LogP contribution in [-0.2, 0) is 5.11 Å². The van der Waals surface area contributed by atoms with Crippen molar-refractivity contribution in [2.45, 2.75) is 12.3 Å². The number of rotatable bonds is 2. The molecule has 0 fully saturated rings. The lowest BCUT2D eigenvalue weighted by molar-refractivity contribution is -0.360. The molecule has 0 aliphatic carbocycles. The Labute approximate surface area is 80.9 Å². The average Bonchev–Trinajstić information content (AvgIpc) is 2.06. The van der Waals surface area contributed by atoms with E-state index in [1.165, 1.54) is 0 Å². The lowest BCUT2D eigenvalue weighted by Crippen LogP contribution is -2.41. The van der Waals surface area contributed by atoms with Crippen molar-refractivity contribution in [1.82, 2.24) is 0 Å². The topological polar surface area (TPSA) is 29.1 Å². The SMILES string of the molecule is [O]c1ccc(OC(F)(F)C(F)(F)F)cc1. The smallest absolute Gasteiger partial charge is 0.426 e. The van der Waals surface area contributed by atoms with Gasteiger partial charge in [0, 0.05) is 0 Å². The van der Waals surface area contributed by atoms with E-state index in [9.17, 15) is 27.1 Å². The van der Waals surface area contributed by atoms with Gasteiger partial charge in [0.2, 0.25) is 0 Å². The molecule has 83 valence electrons. The molecule has 0 amide bonds. The van der Waals surface area contributed by atoms with Gasteiger partial charge >= 0.3 is 12.3 Å². The van der Waals surface area contributed by atoms with Gasteiger partial charge in [0.25, 0.3) is 0 Å². The molecule has 0 N–H and O–H groups in total. The quantitative estimate of drug-likeness (QED) is 0.712. The maximum atomic E-state index is 12.3. The minimum absolute atomic E-state index is 0.516.